The number of hydrogen-bond acceptors (Lipinski definition) is 1. The summed E-state index contributed by atoms with van der Waals surface area (Å²) in [5, 5.41) is 0. The molecular weight excluding hydrogens is 112 g/mol. The van der Waals surface area contributed by atoms with E-state index in [0.717, 1.165) is 12.2 Å². The van der Waals surface area contributed by atoms with Gasteiger partial charge in [0.25, 0.3) is 0 Å². The molecule has 0 unspecified atom stereocenters. The van der Waals surface area contributed by atoms with Crippen molar-refractivity contribution in [2.75, 3.05) is 6.61 Å². The minimum atomic E-state index is 0.199. The molecular formula is C8H12O. The van der Waals surface area contributed by atoms with Crippen LogP contribution in [0.15, 0.2) is 23.8 Å². The Bertz CT molecular complexity index is 156. The Morgan fingerprint density at radius 3 is 2.78 bits per heavy atom. The van der Waals surface area contributed by atoms with Crippen molar-refractivity contribution in [2.24, 2.45) is 0 Å². The number of hydrogen-bond donors (Lipinski definition) is 0. The molecule has 0 spiro atoms. The van der Waals surface area contributed by atoms with Crippen LogP contribution in [0.4, 0.5) is 0 Å². The van der Waals surface area contributed by atoms with Gasteiger partial charge in [-0.2, -0.15) is 0 Å². The van der Waals surface area contributed by atoms with E-state index in [2.05, 4.69) is 19.6 Å². The van der Waals surface area contributed by atoms with Crippen molar-refractivity contribution in [3.63, 3.8) is 0 Å². The van der Waals surface area contributed by atoms with Crippen LogP contribution in [0.2, 0.25) is 0 Å². The monoisotopic (exact) mass is 124 g/mol. The van der Waals surface area contributed by atoms with E-state index in [4.69, 9.17) is 4.74 Å². The quantitative estimate of drug-likeness (QED) is 0.485. The Labute approximate surface area is 56.0 Å². The Balaban J connectivity index is 2.63. The predicted molar refractivity (Wildman–Crippen MR) is 38.3 cm³/mol. The van der Waals surface area contributed by atoms with Crippen LogP contribution in [-0.2, 0) is 4.74 Å². The highest BCUT2D eigenvalue weighted by Gasteiger charge is 2.15. The second-order valence-corrected chi connectivity index (χ2v) is 2.51. The van der Waals surface area contributed by atoms with Gasteiger partial charge in [0.2, 0.25) is 0 Å². The van der Waals surface area contributed by atoms with Crippen LogP contribution in [0.3, 0.4) is 0 Å². The first kappa shape index (κ1) is 6.56. The molecule has 0 amide bonds. The average molecular weight is 124 g/mol. The van der Waals surface area contributed by atoms with Crippen LogP contribution in [0.5, 0.6) is 0 Å². The van der Waals surface area contributed by atoms with E-state index in [1.807, 2.05) is 6.92 Å². The number of rotatable bonds is 1. The molecule has 0 aromatic carbocycles. The molecule has 1 nitrogen and oxygen atoms in total. The summed E-state index contributed by atoms with van der Waals surface area (Å²) in [5.74, 6) is 0. The molecule has 1 heterocycles. The van der Waals surface area contributed by atoms with E-state index >= 15 is 0 Å². The van der Waals surface area contributed by atoms with Crippen LogP contribution in [0, 0.1) is 0 Å². The van der Waals surface area contributed by atoms with Gasteiger partial charge in [0.1, 0.15) is 0 Å². The third kappa shape index (κ3) is 1.22. The Hall–Kier alpha value is -0.560. The third-order valence-electron chi connectivity index (χ3n) is 1.53. The summed E-state index contributed by atoms with van der Waals surface area (Å²) in [6.45, 7) is 8.64. The van der Waals surface area contributed by atoms with Crippen LogP contribution in [0.1, 0.15) is 13.8 Å². The smallest absolute Gasteiger partial charge is 0.0993 e. The molecule has 50 valence electrons. The SMILES string of the molecule is C=C(C)[C@H]1OCC=C1C. The molecule has 1 aliphatic heterocycles. The van der Waals surface area contributed by atoms with Crippen LogP contribution >= 0.6 is 0 Å². The Morgan fingerprint density at radius 2 is 2.56 bits per heavy atom. The Kier molecular flexibility index (Phi) is 1.72. The van der Waals surface area contributed by atoms with Crippen molar-refractivity contribution in [3.8, 4) is 0 Å². The summed E-state index contributed by atoms with van der Waals surface area (Å²) in [4.78, 5) is 0. The summed E-state index contributed by atoms with van der Waals surface area (Å²) < 4.78 is 5.33. The third-order valence-corrected chi connectivity index (χ3v) is 1.53. The minimum Gasteiger partial charge on any atom is -0.365 e. The fourth-order valence-corrected chi connectivity index (χ4v) is 1.05. The maximum Gasteiger partial charge on any atom is 0.0993 e. The standard InChI is InChI=1S/C8H12O/c1-6(2)8-7(3)4-5-9-8/h4,8H,1,5H2,2-3H3/t8-/m1/s1. The highest BCUT2D eigenvalue weighted by molar-refractivity contribution is 5.21. The van der Waals surface area contributed by atoms with Gasteiger partial charge in [-0.25, -0.2) is 0 Å². The molecule has 0 aromatic rings. The van der Waals surface area contributed by atoms with Crippen LogP contribution in [-0.4, -0.2) is 12.7 Å². The van der Waals surface area contributed by atoms with Gasteiger partial charge in [0, 0.05) is 0 Å². The minimum absolute atomic E-state index is 0.199. The van der Waals surface area contributed by atoms with Crippen LogP contribution < -0.4 is 0 Å². The molecule has 0 aliphatic carbocycles. The molecule has 0 radical (unpaired) electrons. The van der Waals surface area contributed by atoms with Gasteiger partial charge in [-0.3, -0.25) is 0 Å². The fraction of sp³-hybridized carbons (Fsp3) is 0.500. The molecule has 1 atom stereocenters. The topological polar surface area (TPSA) is 9.23 Å². The number of ether oxygens (including phenoxy) is 1. The first-order chi connectivity index (χ1) is 4.22. The van der Waals surface area contributed by atoms with Crippen molar-refractivity contribution in [1.29, 1.82) is 0 Å². The predicted octanol–water partition coefficient (Wildman–Crippen LogP) is 1.91. The van der Waals surface area contributed by atoms with Crippen molar-refractivity contribution in [2.45, 2.75) is 20.0 Å². The Morgan fingerprint density at radius 1 is 1.89 bits per heavy atom. The highest BCUT2D eigenvalue weighted by atomic mass is 16.5. The summed E-state index contributed by atoms with van der Waals surface area (Å²) in [5.41, 5.74) is 2.39. The van der Waals surface area contributed by atoms with E-state index in [1.165, 1.54) is 5.57 Å². The van der Waals surface area contributed by atoms with Gasteiger partial charge >= 0.3 is 0 Å². The van der Waals surface area contributed by atoms with Gasteiger partial charge in [0.05, 0.1) is 12.7 Å². The zero-order valence-electron chi connectivity index (χ0n) is 5.98. The molecule has 1 heteroatoms. The largest absolute Gasteiger partial charge is 0.365 e. The lowest BCUT2D eigenvalue weighted by molar-refractivity contribution is 0.148. The maximum absolute atomic E-state index is 5.33. The van der Waals surface area contributed by atoms with E-state index in [9.17, 15) is 0 Å². The van der Waals surface area contributed by atoms with Crippen molar-refractivity contribution < 1.29 is 4.74 Å². The summed E-state index contributed by atoms with van der Waals surface area (Å²) >= 11 is 0. The van der Waals surface area contributed by atoms with Crippen molar-refractivity contribution >= 4 is 0 Å². The normalized spacial score (nSPS) is 26.0. The fourth-order valence-electron chi connectivity index (χ4n) is 1.05. The van der Waals surface area contributed by atoms with Crippen molar-refractivity contribution in [1.82, 2.24) is 0 Å². The van der Waals surface area contributed by atoms with Gasteiger partial charge in [-0.1, -0.05) is 12.7 Å². The molecule has 1 aliphatic rings. The average Bonchev–Trinajstić information content (AvgIpc) is 2.13. The molecule has 9 heavy (non-hydrogen) atoms. The van der Waals surface area contributed by atoms with Gasteiger partial charge < -0.3 is 4.74 Å². The lowest BCUT2D eigenvalue weighted by Crippen LogP contribution is -2.08. The molecule has 0 saturated carbocycles. The van der Waals surface area contributed by atoms with E-state index in [0.29, 0.717) is 0 Å². The zero-order valence-corrected chi connectivity index (χ0v) is 5.98. The first-order valence-corrected chi connectivity index (χ1v) is 3.15. The molecule has 0 fully saturated rings. The first-order valence-electron chi connectivity index (χ1n) is 3.15. The summed E-state index contributed by atoms with van der Waals surface area (Å²) in [6.07, 6.45) is 2.30. The van der Waals surface area contributed by atoms with Gasteiger partial charge in [0.15, 0.2) is 0 Å². The van der Waals surface area contributed by atoms with Gasteiger partial charge in [-0.15, -0.1) is 0 Å². The molecule has 0 bridgehead atoms. The van der Waals surface area contributed by atoms with E-state index in [-0.39, 0.29) is 6.10 Å². The molecule has 0 saturated heterocycles. The van der Waals surface area contributed by atoms with Gasteiger partial charge in [-0.05, 0) is 25.0 Å². The lowest BCUT2D eigenvalue weighted by atomic mass is 10.1. The second kappa shape index (κ2) is 2.36. The van der Waals surface area contributed by atoms with E-state index in [1.54, 1.807) is 0 Å². The molecule has 0 N–H and O–H groups in total. The van der Waals surface area contributed by atoms with E-state index < -0.39 is 0 Å². The summed E-state index contributed by atoms with van der Waals surface area (Å²) in [7, 11) is 0. The molecule has 0 aromatic heterocycles. The zero-order chi connectivity index (χ0) is 6.85. The lowest BCUT2D eigenvalue weighted by Gasteiger charge is -2.10. The van der Waals surface area contributed by atoms with Crippen molar-refractivity contribution in [3.05, 3.63) is 23.8 Å². The molecule has 1 rings (SSSR count). The maximum atomic E-state index is 5.33. The summed E-state index contributed by atoms with van der Waals surface area (Å²) in [6, 6.07) is 0. The second-order valence-electron chi connectivity index (χ2n) is 2.51. The van der Waals surface area contributed by atoms with Crippen LogP contribution in [0.25, 0.3) is 0 Å². The highest BCUT2D eigenvalue weighted by Crippen LogP contribution is 2.18.